The normalized spacial score (nSPS) is 20.6. The number of aromatic nitrogens is 2. The van der Waals surface area contributed by atoms with Crippen LogP contribution in [0, 0.1) is 5.92 Å². The topological polar surface area (TPSA) is 59.0 Å². The molecule has 0 radical (unpaired) electrons. The Kier molecular flexibility index (Phi) is 4.41. The fourth-order valence-corrected chi connectivity index (χ4v) is 3.20. The van der Waals surface area contributed by atoms with E-state index < -0.39 is 0 Å². The van der Waals surface area contributed by atoms with Gasteiger partial charge in [-0.25, -0.2) is 4.68 Å². The highest BCUT2D eigenvalue weighted by Crippen LogP contribution is 2.27. The lowest BCUT2D eigenvalue weighted by Crippen LogP contribution is -2.38. The van der Waals surface area contributed by atoms with Crippen molar-refractivity contribution in [2.45, 2.75) is 44.7 Å². The summed E-state index contributed by atoms with van der Waals surface area (Å²) in [5, 5.41) is 11.0. The highest BCUT2D eigenvalue weighted by atomic mass is 79.9. The third-order valence-electron chi connectivity index (χ3n) is 4.34. The van der Waals surface area contributed by atoms with E-state index in [9.17, 15) is 4.79 Å². The van der Waals surface area contributed by atoms with Crippen LogP contribution in [-0.4, -0.2) is 28.9 Å². The predicted molar refractivity (Wildman–Crippen MR) is 83.1 cm³/mol. The van der Waals surface area contributed by atoms with Crippen molar-refractivity contribution in [3.05, 3.63) is 21.0 Å². The average Bonchev–Trinajstić information content (AvgIpc) is 2.42. The van der Waals surface area contributed by atoms with Crippen molar-refractivity contribution in [2.24, 2.45) is 5.92 Å². The van der Waals surface area contributed by atoms with Crippen molar-refractivity contribution >= 4 is 21.6 Å². The van der Waals surface area contributed by atoms with E-state index in [-0.39, 0.29) is 5.56 Å². The van der Waals surface area contributed by atoms with Gasteiger partial charge in [0.25, 0.3) is 5.56 Å². The lowest BCUT2D eigenvalue weighted by Gasteiger charge is -2.27. The molecule has 1 aliphatic carbocycles. The van der Waals surface area contributed by atoms with Crippen molar-refractivity contribution in [3.8, 4) is 0 Å². The van der Waals surface area contributed by atoms with Crippen molar-refractivity contribution in [2.75, 3.05) is 18.4 Å². The Labute approximate surface area is 127 Å². The molecule has 5 nitrogen and oxygen atoms in total. The van der Waals surface area contributed by atoms with Gasteiger partial charge in [-0.2, -0.15) is 5.10 Å². The van der Waals surface area contributed by atoms with E-state index in [2.05, 4.69) is 31.7 Å². The molecule has 6 heteroatoms. The zero-order valence-electron chi connectivity index (χ0n) is 11.6. The molecule has 2 fully saturated rings. The minimum Gasteiger partial charge on any atom is -0.377 e. The summed E-state index contributed by atoms with van der Waals surface area (Å²) in [4.78, 5) is 12.5. The second-order valence-corrected chi connectivity index (χ2v) is 6.67. The summed E-state index contributed by atoms with van der Waals surface area (Å²) in [6, 6.07) is 0.375. The van der Waals surface area contributed by atoms with E-state index in [0.29, 0.717) is 17.6 Å². The number of piperidine rings is 1. The molecule has 0 aromatic carbocycles. The van der Waals surface area contributed by atoms with Crippen LogP contribution in [0.25, 0.3) is 0 Å². The van der Waals surface area contributed by atoms with Gasteiger partial charge in [-0.05, 0) is 60.6 Å². The van der Waals surface area contributed by atoms with Crippen LogP contribution < -0.4 is 16.2 Å². The molecule has 1 aromatic rings. The zero-order valence-corrected chi connectivity index (χ0v) is 13.2. The molecule has 2 aliphatic rings. The fourth-order valence-electron chi connectivity index (χ4n) is 2.82. The van der Waals surface area contributed by atoms with E-state index in [1.54, 1.807) is 10.9 Å². The van der Waals surface area contributed by atoms with Crippen LogP contribution in [0.1, 0.15) is 32.1 Å². The van der Waals surface area contributed by atoms with E-state index in [1.807, 2.05) is 0 Å². The Morgan fingerprint density at radius 2 is 2.10 bits per heavy atom. The second kappa shape index (κ2) is 6.26. The van der Waals surface area contributed by atoms with Crippen LogP contribution in [-0.2, 0) is 6.54 Å². The largest absolute Gasteiger partial charge is 0.377 e. The van der Waals surface area contributed by atoms with E-state index in [0.717, 1.165) is 36.9 Å². The van der Waals surface area contributed by atoms with Gasteiger partial charge in [-0.3, -0.25) is 4.79 Å². The summed E-state index contributed by atoms with van der Waals surface area (Å²) in [6.07, 6.45) is 7.58. The summed E-state index contributed by atoms with van der Waals surface area (Å²) in [6.45, 7) is 2.78. The van der Waals surface area contributed by atoms with E-state index >= 15 is 0 Å². The predicted octanol–water partition coefficient (Wildman–Crippen LogP) is 1.97. The van der Waals surface area contributed by atoms with Crippen molar-refractivity contribution < 1.29 is 0 Å². The van der Waals surface area contributed by atoms with Gasteiger partial charge in [-0.15, -0.1) is 0 Å². The highest BCUT2D eigenvalue weighted by molar-refractivity contribution is 9.10. The van der Waals surface area contributed by atoms with Gasteiger partial charge in [0.15, 0.2) is 0 Å². The first-order valence-corrected chi connectivity index (χ1v) is 8.26. The Bertz CT molecular complexity index is 520. The highest BCUT2D eigenvalue weighted by Gasteiger charge is 2.21. The van der Waals surface area contributed by atoms with Gasteiger partial charge in [0.05, 0.1) is 10.7 Å². The Morgan fingerprint density at radius 1 is 1.35 bits per heavy atom. The molecule has 0 bridgehead atoms. The number of nitrogens with zero attached hydrogens (tertiary/aromatic N) is 2. The molecule has 1 aliphatic heterocycles. The van der Waals surface area contributed by atoms with Crippen molar-refractivity contribution in [1.29, 1.82) is 0 Å². The molecule has 1 aromatic heterocycles. The van der Waals surface area contributed by atoms with Gasteiger partial charge in [0.1, 0.15) is 5.69 Å². The number of nitrogens with one attached hydrogen (secondary N) is 2. The standard InChI is InChI=1S/C14H21BrN4O/c15-12-8-17-19(9-10-2-1-3-10)14(20)13(12)18-11-4-6-16-7-5-11/h8,10-11,16,18H,1-7,9H2. The third-order valence-corrected chi connectivity index (χ3v) is 4.94. The maximum absolute atomic E-state index is 12.5. The number of hydrogen-bond acceptors (Lipinski definition) is 4. The van der Waals surface area contributed by atoms with Crippen molar-refractivity contribution in [1.82, 2.24) is 15.1 Å². The molecule has 2 N–H and O–H groups in total. The number of rotatable bonds is 4. The first-order valence-electron chi connectivity index (χ1n) is 7.47. The quantitative estimate of drug-likeness (QED) is 0.879. The Balaban J connectivity index is 1.77. The maximum atomic E-state index is 12.5. The minimum atomic E-state index is 0.00445. The molecule has 0 spiro atoms. The Hall–Kier alpha value is -0.880. The first kappa shape index (κ1) is 14.1. The molecule has 1 saturated carbocycles. The number of hydrogen-bond donors (Lipinski definition) is 2. The summed E-state index contributed by atoms with van der Waals surface area (Å²) in [5.41, 5.74) is 0.677. The van der Waals surface area contributed by atoms with Crippen molar-refractivity contribution in [3.63, 3.8) is 0 Å². The molecular formula is C14H21BrN4O. The van der Waals surface area contributed by atoms with Crippen LogP contribution >= 0.6 is 15.9 Å². The molecular weight excluding hydrogens is 320 g/mol. The lowest BCUT2D eigenvalue weighted by atomic mass is 9.85. The minimum absolute atomic E-state index is 0.00445. The summed E-state index contributed by atoms with van der Waals surface area (Å²) < 4.78 is 2.39. The smallest absolute Gasteiger partial charge is 0.291 e. The molecule has 1 saturated heterocycles. The van der Waals surface area contributed by atoms with Gasteiger partial charge < -0.3 is 10.6 Å². The van der Waals surface area contributed by atoms with Crippen LogP contribution in [0.4, 0.5) is 5.69 Å². The summed E-state index contributed by atoms with van der Waals surface area (Å²) in [7, 11) is 0. The maximum Gasteiger partial charge on any atom is 0.291 e. The Morgan fingerprint density at radius 3 is 2.75 bits per heavy atom. The van der Waals surface area contributed by atoms with Gasteiger partial charge in [0, 0.05) is 12.6 Å². The van der Waals surface area contributed by atoms with Crippen LogP contribution in [0.15, 0.2) is 15.5 Å². The molecule has 0 amide bonds. The van der Waals surface area contributed by atoms with Crippen LogP contribution in [0.3, 0.4) is 0 Å². The molecule has 3 rings (SSSR count). The molecule has 0 atom stereocenters. The fraction of sp³-hybridized carbons (Fsp3) is 0.714. The molecule has 20 heavy (non-hydrogen) atoms. The molecule has 110 valence electrons. The average molecular weight is 341 g/mol. The van der Waals surface area contributed by atoms with E-state index in [4.69, 9.17) is 0 Å². The SMILES string of the molecule is O=c1c(NC2CCNCC2)c(Br)cnn1CC1CCC1. The zero-order chi connectivity index (χ0) is 13.9. The monoisotopic (exact) mass is 340 g/mol. The third kappa shape index (κ3) is 3.06. The molecule has 0 unspecified atom stereocenters. The van der Waals surface area contributed by atoms with Crippen LogP contribution in [0.5, 0.6) is 0 Å². The summed E-state index contributed by atoms with van der Waals surface area (Å²) in [5.74, 6) is 0.633. The summed E-state index contributed by atoms with van der Waals surface area (Å²) >= 11 is 3.45. The van der Waals surface area contributed by atoms with Gasteiger partial charge in [0.2, 0.25) is 0 Å². The van der Waals surface area contributed by atoms with Crippen LogP contribution in [0.2, 0.25) is 0 Å². The second-order valence-electron chi connectivity index (χ2n) is 5.82. The van der Waals surface area contributed by atoms with Gasteiger partial charge in [-0.1, -0.05) is 6.42 Å². The van der Waals surface area contributed by atoms with Gasteiger partial charge >= 0.3 is 0 Å². The van der Waals surface area contributed by atoms with E-state index in [1.165, 1.54) is 19.3 Å². The first-order chi connectivity index (χ1) is 9.74. The lowest BCUT2D eigenvalue weighted by molar-refractivity contribution is 0.261. The number of halogens is 1. The molecule has 2 heterocycles. The number of anilines is 1.